The molecule has 1 aromatic heterocycles. The van der Waals surface area contributed by atoms with E-state index in [0.29, 0.717) is 22.9 Å². The van der Waals surface area contributed by atoms with E-state index in [9.17, 15) is 4.79 Å². The average Bonchev–Trinajstić information content (AvgIpc) is 2.54. The Labute approximate surface area is 129 Å². The standard InChI is InChI=1S/C16H19N3O3/c1-19(2)15-7-5-6-12(18-15)16(20)17-11-8-9-13(21-3)14(10-11)22-4/h5-10H,1-4H3,(H,17,20). The average molecular weight is 301 g/mol. The zero-order valence-corrected chi connectivity index (χ0v) is 13.1. The first-order chi connectivity index (χ1) is 10.5. The van der Waals surface area contributed by atoms with Crippen molar-refractivity contribution >= 4 is 17.4 Å². The van der Waals surface area contributed by atoms with Crippen LogP contribution in [-0.4, -0.2) is 39.2 Å². The third-order valence-electron chi connectivity index (χ3n) is 3.07. The number of pyridine rings is 1. The number of nitrogens with zero attached hydrogens (tertiary/aromatic N) is 2. The summed E-state index contributed by atoms with van der Waals surface area (Å²) in [5, 5.41) is 2.79. The quantitative estimate of drug-likeness (QED) is 0.919. The van der Waals surface area contributed by atoms with Crippen molar-refractivity contribution in [3.8, 4) is 11.5 Å². The predicted octanol–water partition coefficient (Wildman–Crippen LogP) is 2.42. The van der Waals surface area contributed by atoms with Crippen LogP contribution in [-0.2, 0) is 0 Å². The molecule has 1 amide bonds. The highest BCUT2D eigenvalue weighted by Gasteiger charge is 2.11. The van der Waals surface area contributed by atoms with E-state index in [1.54, 1.807) is 44.6 Å². The summed E-state index contributed by atoms with van der Waals surface area (Å²) in [5.41, 5.74) is 0.959. The number of nitrogens with one attached hydrogen (secondary N) is 1. The number of rotatable bonds is 5. The van der Waals surface area contributed by atoms with Crippen LogP contribution in [0.4, 0.5) is 11.5 Å². The van der Waals surface area contributed by atoms with E-state index in [-0.39, 0.29) is 5.91 Å². The molecule has 2 aromatic rings. The molecular formula is C16H19N3O3. The second-order valence-electron chi connectivity index (χ2n) is 4.80. The minimum absolute atomic E-state index is 0.282. The highest BCUT2D eigenvalue weighted by molar-refractivity contribution is 6.03. The smallest absolute Gasteiger partial charge is 0.274 e. The SMILES string of the molecule is COc1ccc(NC(=O)c2cccc(N(C)C)n2)cc1OC. The fourth-order valence-corrected chi connectivity index (χ4v) is 1.91. The van der Waals surface area contributed by atoms with Gasteiger partial charge in [-0.1, -0.05) is 6.07 Å². The Kier molecular flexibility index (Phi) is 4.83. The van der Waals surface area contributed by atoms with Gasteiger partial charge < -0.3 is 19.7 Å². The van der Waals surface area contributed by atoms with Crippen molar-refractivity contribution in [3.05, 3.63) is 42.1 Å². The number of ether oxygens (including phenoxy) is 2. The second kappa shape index (κ2) is 6.80. The number of benzene rings is 1. The van der Waals surface area contributed by atoms with Crippen molar-refractivity contribution in [2.75, 3.05) is 38.5 Å². The largest absolute Gasteiger partial charge is 0.493 e. The van der Waals surface area contributed by atoms with Gasteiger partial charge in [0, 0.05) is 25.8 Å². The maximum absolute atomic E-state index is 12.3. The molecule has 0 aliphatic rings. The van der Waals surface area contributed by atoms with E-state index in [1.807, 2.05) is 25.1 Å². The Hall–Kier alpha value is -2.76. The van der Waals surface area contributed by atoms with Gasteiger partial charge in [0.05, 0.1) is 14.2 Å². The zero-order chi connectivity index (χ0) is 16.1. The number of anilines is 2. The van der Waals surface area contributed by atoms with Crippen LogP contribution in [0.15, 0.2) is 36.4 Å². The minimum Gasteiger partial charge on any atom is -0.493 e. The number of carbonyl (C=O) groups excluding carboxylic acids is 1. The molecule has 1 aromatic carbocycles. The molecule has 1 N–H and O–H groups in total. The van der Waals surface area contributed by atoms with Crippen LogP contribution in [0, 0.1) is 0 Å². The van der Waals surface area contributed by atoms with Crippen molar-refractivity contribution in [2.45, 2.75) is 0 Å². The monoisotopic (exact) mass is 301 g/mol. The first-order valence-electron chi connectivity index (χ1n) is 6.73. The first kappa shape index (κ1) is 15.6. The summed E-state index contributed by atoms with van der Waals surface area (Å²) >= 11 is 0. The van der Waals surface area contributed by atoms with Crippen molar-refractivity contribution in [1.29, 1.82) is 0 Å². The lowest BCUT2D eigenvalue weighted by Gasteiger charge is -2.13. The third-order valence-corrected chi connectivity index (χ3v) is 3.07. The van der Waals surface area contributed by atoms with E-state index in [4.69, 9.17) is 9.47 Å². The number of methoxy groups -OCH3 is 2. The van der Waals surface area contributed by atoms with Crippen molar-refractivity contribution in [3.63, 3.8) is 0 Å². The van der Waals surface area contributed by atoms with E-state index in [0.717, 1.165) is 5.82 Å². The van der Waals surface area contributed by atoms with E-state index >= 15 is 0 Å². The van der Waals surface area contributed by atoms with Crippen LogP contribution in [0.5, 0.6) is 11.5 Å². The van der Waals surface area contributed by atoms with Crippen LogP contribution < -0.4 is 19.7 Å². The molecule has 2 rings (SSSR count). The molecule has 6 heteroatoms. The van der Waals surface area contributed by atoms with Gasteiger partial charge in [0.25, 0.3) is 5.91 Å². The van der Waals surface area contributed by atoms with Gasteiger partial charge in [-0.25, -0.2) is 4.98 Å². The molecule has 1 heterocycles. The van der Waals surface area contributed by atoms with Gasteiger partial charge in [0.1, 0.15) is 11.5 Å². The Bertz CT molecular complexity index is 671. The van der Waals surface area contributed by atoms with Gasteiger partial charge in [0.15, 0.2) is 11.5 Å². The Morgan fingerprint density at radius 1 is 1.09 bits per heavy atom. The number of amides is 1. The summed E-state index contributed by atoms with van der Waals surface area (Å²) in [5.74, 6) is 1.60. The van der Waals surface area contributed by atoms with E-state index < -0.39 is 0 Å². The lowest BCUT2D eigenvalue weighted by molar-refractivity contribution is 0.102. The molecule has 0 aliphatic carbocycles. The Morgan fingerprint density at radius 2 is 1.82 bits per heavy atom. The lowest BCUT2D eigenvalue weighted by atomic mass is 10.2. The molecule has 0 saturated carbocycles. The molecule has 0 radical (unpaired) electrons. The fourth-order valence-electron chi connectivity index (χ4n) is 1.91. The van der Waals surface area contributed by atoms with Crippen molar-refractivity contribution < 1.29 is 14.3 Å². The summed E-state index contributed by atoms with van der Waals surface area (Å²) < 4.78 is 10.4. The molecule has 0 bridgehead atoms. The van der Waals surface area contributed by atoms with E-state index in [1.165, 1.54) is 0 Å². The molecule has 6 nitrogen and oxygen atoms in total. The van der Waals surface area contributed by atoms with Gasteiger partial charge in [-0.05, 0) is 24.3 Å². The van der Waals surface area contributed by atoms with Crippen LogP contribution in [0.3, 0.4) is 0 Å². The van der Waals surface area contributed by atoms with Crippen LogP contribution in [0.1, 0.15) is 10.5 Å². The van der Waals surface area contributed by atoms with Crippen LogP contribution in [0.25, 0.3) is 0 Å². The summed E-state index contributed by atoms with van der Waals surface area (Å²) in [4.78, 5) is 18.4. The molecule has 116 valence electrons. The number of hydrogen-bond donors (Lipinski definition) is 1. The summed E-state index contributed by atoms with van der Waals surface area (Å²) in [6.07, 6.45) is 0. The first-order valence-corrected chi connectivity index (χ1v) is 6.73. The maximum atomic E-state index is 12.3. The van der Waals surface area contributed by atoms with Crippen LogP contribution >= 0.6 is 0 Å². The van der Waals surface area contributed by atoms with Gasteiger partial charge in [-0.3, -0.25) is 4.79 Å². The lowest BCUT2D eigenvalue weighted by Crippen LogP contribution is -2.17. The normalized spacial score (nSPS) is 10.0. The minimum atomic E-state index is -0.282. The summed E-state index contributed by atoms with van der Waals surface area (Å²) in [6, 6.07) is 10.5. The zero-order valence-electron chi connectivity index (χ0n) is 13.1. The molecule has 0 saturated heterocycles. The molecule has 0 unspecified atom stereocenters. The molecular weight excluding hydrogens is 282 g/mol. The maximum Gasteiger partial charge on any atom is 0.274 e. The van der Waals surface area contributed by atoms with Gasteiger partial charge in [-0.15, -0.1) is 0 Å². The van der Waals surface area contributed by atoms with Crippen molar-refractivity contribution in [1.82, 2.24) is 4.98 Å². The highest BCUT2D eigenvalue weighted by atomic mass is 16.5. The summed E-state index contributed by atoms with van der Waals surface area (Å²) in [6.45, 7) is 0. The fraction of sp³-hybridized carbons (Fsp3) is 0.250. The van der Waals surface area contributed by atoms with Gasteiger partial charge in [0.2, 0.25) is 0 Å². The Balaban J connectivity index is 2.20. The molecule has 0 fully saturated rings. The van der Waals surface area contributed by atoms with Crippen molar-refractivity contribution in [2.24, 2.45) is 0 Å². The third kappa shape index (κ3) is 3.46. The topological polar surface area (TPSA) is 63.7 Å². The van der Waals surface area contributed by atoms with Gasteiger partial charge >= 0.3 is 0 Å². The number of hydrogen-bond acceptors (Lipinski definition) is 5. The highest BCUT2D eigenvalue weighted by Crippen LogP contribution is 2.29. The number of aromatic nitrogens is 1. The van der Waals surface area contributed by atoms with Crippen LogP contribution in [0.2, 0.25) is 0 Å². The molecule has 22 heavy (non-hydrogen) atoms. The molecule has 0 aliphatic heterocycles. The van der Waals surface area contributed by atoms with Gasteiger partial charge in [-0.2, -0.15) is 0 Å². The molecule has 0 spiro atoms. The number of carbonyl (C=O) groups is 1. The predicted molar refractivity (Wildman–Crippen MR) is 86.1 cm³/mol. The van der Waals surface area contributed by atoms with E-state index in [2.05, 4.69) is 10.3 Å². The second-order valence-corrected chi connectivity index (χ2v) is 4.80. The molecule has 0 atom stereocenters. The Morgan fingerprint density at radius 3 is 2.45 bits per heavy atom. The summed E-state index contributed by atoms with van der Waals surface area (Å²) in [7, 11) is 6.86.